The van der Waals surface area contributed by atoms with E-state index in [2.05, 4.69) is 0 Å². The number of carbonyl (C=O) groups excluding carboxylic acids is 2. The molecule has 2 heterocycles. The molecular weight excluding hydrogens is 306 g/mol. The first kappa shape index (κ1) is 16.8. The van der Waals surface area contributed by atoms with Crippen LogP contribution in [0.2, 0.25) is 0 Å². The minimum absolute atomic E-state index is 0.0519. The van der Waals surface area contributed by atoms with Crippen LogP contribution in [0.1, 0.15) is 50.9 Å². The van der Waals surface area contributed by atoms with E-state index in [1.165, 1.54) is 0 Å². The van der Waals surface area contributed by atoms with Gasteiger partial charge in [0.1, 0.15) is 17.0 Å². The lowest BCUT2D eigenvalue weighted by Gasteiger charge is -2.48. The summed E-state index contributed by atoms with van der Waals surface area (Å²) in [6.45, 7) is 8.69. The fraction of sp³-hybridized carbons (Fsp3) is 0.579. The predicted octanol–water partition coefficient (Wildman–Crippen LogP) is 3.67. The predicted molar refractivity (Wildman–Crippen MR) is 90.3 cm³/mol. The first-order valence-electron chi connectivity index (χ1n) is 8.49. The molecule has 0 aliphatic carbocycles. The van der Waals surface area contributed by atoms with E-state index in [1.54, 1.807) is 4.90 Å². The Bertz CT molecular complexity index is 664. The summed E-state index contributed by atoms with van der Waals surface area (Å²) in [6.07, 6.45) is 0.701. The molecule has 2 aliphatic heterocycles. The van der Waals surface area contributed by atoms with Gasteiger partial charge in [-0.2, -0.15) is 0 Å². The lowest BCUT2D eigenvalue weighted by atomic mass is 9.76. The van der Waals surface area contributed by atoms with Crippen molar-refractivity contribution >= 4 is 11.9 Å². The number of ether oxygens (including phenoxy) is 2. The van der Waals surface area contributed by atoms with Gasteiger partial charge in [0.05, 0.1) is 12.0 Å². The molecule has 2 aliphatic rings. The molecule has 0 saturated carbocycles. The van der Waals surface area contributed by atoms with Crippen LogP contribution < -0.4 is 4.74 Å². The molecular formula is C19H25NO4. The van der Waals surface area contributed by atoms with Crippen molar-refractivity contribution in [3.05, 3.63) is 29.8 Å². The van der Waals surface area contributed by atoms with E-state index in [-0.39, 0.29) is 17.8 Å². The number of fused-ring (bicyclic) bond motifs is 1. The highest BCUT2D eigenvalue weighted by molar-refractivity contribution is 6.00. The van der Waals surface area contributed by atoms with Gasteiger partial charge in [-0.15, -0.1) is 0 Å². The number of ketones is 1. The number of likely N-dealkylation sites (tertiary alicyclic amines) is 1. The SMILES string of the molecule is CC1CN(C(=O)OC(C)(C)C)CCC12CC(=O)c1ccccc1O2. The molecule has 5 heteroatoms. The van der Waals surface area contributed by atoms with Gasteiger partial charge in [0.25, 0.3) is 0 Å². The first-order valence-corrected chi connectivity index (χ1v) is 8.49. The fourth-order valence-corrected chi connectivity index (χ4v) is 3.47. The molecule has 130 valence electrons. The Kier molecular flexibility index (Phi) is 4.06. The number of hydrogen-bond acceptors (Lipinski definition) is 4. The average molecular weight is 331 g/mol. The summed E-state index contributed by atoms with van der Waals surface area (Å²) >= 11 is 0. The van der Waals surface area contributed by atoms with E-state index in [9.17, 15) is 9.59 Å². The van der Waals surface area contributed by atoms with E-state index in [1.807, 2.05) is 52.0 Å². The summed E-state index contributed by atoms with van der Waals surface area (Å²) in [4.78, 5) is 26.5. The highest BCUT2D eigenvalue weighted by Crippen LogP contribution is 2.42. The zero-order valence-electron chi connectivity index (χ0n) is 14.8. The number of hydrogen-bond donors (Lipinski definition) is 0. The van der Waals surface area contributed by atoms with E-state index < -0.39 is 11.2 Å². The van der Waals surface area contributed by atoms with Crippen molar-refractivity contribution < 1.29 is 19.1 Å². The topological polar surface area (TPSA) is 55.8 Å². The maximum absolute atomic E-state index is 12.5. The Morgan fingerprint density at radius 2 is 2.04 bits per heavy atom. The number of amides is 1. The Hall–Kier alpha value is -2.04. The smallest absolute Gasteiger partial charge is 0.410 e. The molecule has 24 heavy (non-hydrogen) atoms. The minimum Gasteiger partial charge on any atom is -0.486 e. The second-order valence-electron chi connectivity index (χ2n) is 7.84. The summed E-state index contributed by atoms with van der Waals surface area (Å²) in [5.74, 6) is 0.830. The normalized spacial score (nSPS) is 26.8. The van der Waals surface area contributed by atoms with Crippen molar-refractivity contribution in [1.82, 2.24) is 4.90 Å². The first-order chi connectivity index (χ1) is 11.2. The van der Waals surface area contributed by atoms with Crippen LogP contribution in [0.4, 0.5) is 4.79 Å². The van der Waals surface area contributed by atoms with Gasteiger partial charge in [-0.1, -0.05) is 19.1 Å². The van der Waals surface area contributed by atoms with Gasteiger partial charge in [0.15, 0.2) is 5.78 Å². The van der Waals surface area contributed by atoms with Gasteiger partial charge in [-0.3, -0.25) is 4.79 Å². The van der Waals surface area contributed by atoms with Crippen molar-refractivity contribution in [2.45, 2.75) is 51.7 Å². The molecule has 1 aromatic carbocycles. The van der Waals surface area contributed by atoms with Gasteiger partial charge < -0.3 is 14.4 Å². The lowest BCUT2D eigenvalue weighted by molar-refractivity contribution is -0.0551. The van der Waals surface area contributed by atoms with Crippen molar-refractivity contribution in [1.29, 1.82) is 0 Å². The van der Waals surface area contributed by atoms with E-state index >= 15 is 0 Å². The van der Waals surface area contributed by atoms with Crippen LogP contribution in [-0.4, -0.2) is 41.1 Å². The Labute approximate surface area is 142 Å². The molecule has 2 atom stereocenters. The Balaban J connectivity index is 1.75. The number of benzene rings is 1. The summed E-state index contributed by atoms with van der Waals surface area (Å²) in [7, 11) is 0. The van der Waals surface area contributed by atoms with Crippen LogP contribution in [0.5, 0.6) is 5.75 Å². The molecule has 3 rings (SSSR count). The summed E-state index contributed by atoms with van der Waals surface area (Å²) in [5, 5.41) is 0. The number of carbonyl (C=O) groups is 2. The van der Waals surface area contributed by atoms with Crippen LogP contribution in [0, 0.1) is 5.92 Å². The molecule has 2 unspecified atom stereocenters. The quantitative estimate of drug-likeness (QED) is 0.728. The maximum Gasteiger partial charge on any atom is 0.410 e. The summed E-state index contributed by atoms with van der Waals surface area (Å²) in [5.41, 5.74) is -0.375. The molecule has 0 radical (unpaired) electrons. The molecule has 0 aromatic heterocycles. The number of piperidine rings is 1. The number of Topliss-reactive ketones (excluding diaryl/α,β-unsaturated/α-hetero) is 1. The molecule has 5 nitrogen and oxygen atoms in total. The van der Waals surface area contributed by atoms with Gasteiger partial charge in [-0.05, 0) is 32.9 Å². The average Bonchev–Trinajstić information content (AvgIpc) is 2.48. The Morgan fingerprint density at radius 3 is 2.71 bits per heavy atom. The monoisotopic (exact) mass is 331 g/mol. The third kappa shape index (κ3) is 3.12. The van der Waals surface area contributed by atoms with Crippen LogP contribution in [0.25, 0.3) is 0 Å². The zero-order valence-corrected chi connectivity index (χ0v) is 14.8. The highest BCUT2D eigenvalue weighted by atomic mass is 16.6. The van der Waals surface area contributed by atoms with Crippen LogP contribution in [0.15, 0.2) is 24.3 Å². The zero-order chi connectivity index (χ0) is 17.5. The second kappa shape index (κ2) is 5.80. The maximum atomic E-state index is 12.5. The molecule has 1 fully saturated rings. The molecule has 0 bridgehead atoms. The van der Waals surface area contributed by atoms with Crippen LogP contribution in [-0.2, 0) is 4.74 Å². The van der Waals surface area contributed by atoms with Gasteiger partial charge >= 0.3 is 6.09 Å². The third-order valence-electron chi connectivity index (χ3n) is 4.81. The Morgan fingerprint density at radius 1 is 1.33 bits per heavy atom. The molecule has 0 N–H and O–H groups in total. The minimum atomic E-state index is -0.524. The second-order valence-corrected chi connectivity index (χ2v) is 7.84. The molecule has 1 saturated heterocycles. The van der Waals surface area contributed by atoms with Crippen LogP contribution >= 0.6 is 0 Å². The van der Waals surface area contributed by atoms with Crippen molar-refractivity contribution in [2.75, 3.05) is 13.1 Å². The molecule has 1 amide bonds. The lowest BCUT2D eigenvalue weighted by Crippen LogP contribution is -2.58. The van der Waals surface area contributed by atoms with E-state index in [4.69, 9.17) is 9.47 Å². The fourth-order valence-electron chi connectivity index (χ4n) is 3.47. The van der Waals surface area contributed by atoms with E-state index in [0.29, 0.717) is 37.2 Å². The van der Waals surface area contributed by atoms with Crippen molar-refractivity contribution in [3.63, 3.8) is 0 Å². The van der Waals surface area contributed by atoms with Crippen molar-refractivity contribution in [3.8, 4) is 5.75 Å². The largest absolute Gasteiger partial charge is 0.486 e. The van der Waals surface area contributed by atoms with Crippen molar-refractivity contribution in [2.24, 2.45) is 5.92 Å². The standard InChI is InChI=1S/C19H25NO4/c1-13-12-20(17(22)24-18(2,3)4)10-9-19(13)11-15(21)14-7-5-6-8-16(14)23-19/h5-8,13H,9-12H2,1-4H3. The molecule has 1 spiro atoms. The van der Waals surface area contributed by atoms with E-state index in [0.717, 1.165) is 0 Å². The highest BCUT2D eigenvalue weighted by Gasteiger charge is 2.48. The molecule has 1 aromatic rings. The number of para-hydroxylation sites is 1. The van der Waals surface area contributed by atoms with Crippen LogP contribution in [0.3, 0.4) is 0 Å². The number of rotatable bonds is 0. The number of nitrogens with zero attached hydrogens (tertiary/aromatic N) is 1. The van der Waals surface area contributed by atoms with Gasteiger partial charge in [0.2, 0.25) is 0 Å². The van der Waals surface area contributed by atoms with Gasteiger partial charge in [0, 0.05) is 25.4 Å². The summed E-state index contributed by atoms with van der Waals surface area (Å²) < 4.78 is 11.7. The third-order valence-corrected chi connectivity index (χ3v) is 4.81. The summed E-state index contributed by atoms with van der Waals surface area (Å²) in [6, 6.07) is 7.39. The van der Waals surface area contributed by atoms with Gasteiger partial charge in [-0.25, -0.2) is 4.79 Å².